The van der Waals surface area contributed by atoms with Gasteiger partial charge >= 0.3 is 5.97 Å². The number of rotatable bonds is 4. The second-order valence-corrected chi connectivity index (χ2v) is 5.82. The van der Waals surface area contributed by atoms with E-state index in [2.05, 4.69) is 10.4 Å². The molecular formula is C17H19F2N3O2. The van der Waals surface area contributed by atoms with Gasteiger partial charge in [-0.1, -0.05) is 29.8 Å². The lowest BCUT2D eigenvalue weighted by Crippen LogP contribution is -2.31. The Labute approximate surface area is 138 Å². The van der Waals surface area contributed by atoms with Crippen LogP contribution in [-0.4, -0.2) is 28.8 Å². The molecule has 0 unspecified atom stereocenters. The lowest BCUT2D eigenvalue weighted by Gasteiger charge is -2.32. The molecule has 0 saturated heterocycles. The number of carbonyl (C=O) groups excluding carboxylic acids is 1. The van der Waals surface area contributed by atoms with E-state index < -0.39 is 18.4 Å². The van der Waals surface area contributed by atoms with E-state index in [4.69, 9.17) is 4.74 Å². The molecule has 1 N–H and O–H groups in total. The van der Waals surface area contributed by atoms with Crippen molar-refractivity contribution in [3.8, 4) is 0 Å². The number of fused-ring (bicyclic) bond motifs is 1. The van der Waals surface area contributed by atoms with Gasteiger partial charge in [0.1, 0.15) is 17.4 Å². The zero-order valence-corrected chi connectivity index (χ0v) is 13.5. The summed E-state index contributed by atoms with van der Waals surface area (Å²) >= 11 is 0. The minimum Gasteiger partial charge on any atom is -0.462 e. The van der Waals surface area contributed by atoms with Crippen molar-refractivity contribution in [2.24, 2.45) is 0 Å². The fourth-order valence-electron chi connectivity index (χ4n) is 2.91. The topological polar surface area (TPSA) is 56.1 Å². The van der Waals surface area contributed by atoms with Gasteiger partial charge in [-0.15, -0.1) is 0 Å². The van der Waals surface area contributed by atoms with Gasteiger partial charge in [0.05, 0.1) is 18.8 Å². The lowest BCUT2D eigenvalue weighted by molar-refractivity contribution is 0.0521. The largest absolute Gasteiger partial charge is 0.462 e. The van der Waals surface area contributed by atoms with Crippen molar-refractivity contribution in [3.63, 3.8) is 0 Å². The van der Waals surface area contributed by atoms with Crippen LogP contribution >= 0.6 is 0 Å². The Hall–Kier alpha value is -2.44. The van der Waals surface area contributed by atoms with Crippen molar-refractivity contribution < 1.29 is 18.3 Å². The SMILES string of the molecule is CCOC(=O)c1cnn2c1N[C@@H](c1ccc(C)cc1)C[C@H]2C(F)F. The van der Waals surface area contributed by atoms with Crippen LogP contribution in [0.15, 0.2) is 30.5 Å². The number of halogens is 2. The highest BCUT2D eigenvalue weighted by molar-refractivity contribution is 5.94. The van der Waals surface area contributed by atoms with Gasteiger partial charge in [0, 0.05) is 0 Å². The van der Waals surface area contributed by atoms with Crippen molar-refractivity contribution in [2.75, 3.05) is 11.9 Å². The molecule has 0 bridgehead atoms. The Balaban J connectivity index is 1.98. The molecule has 5 nitrogen and oxygen atoms in total. The molecule has 24 heavy (non-hydrogen) atoms. The number of hydrogen-bond acceptors (Lipinski definition) is 4. The quantitative estimate of drug-likeness (QED) is 0.865. The zero-order valence-electron chi connectivity index (χ0n) is 13.5. The van der Waals surface area contributed by atoms with Gasteiger partial charge in [-0.2, -0.15) is 5.10 Å². The highest BCUT2D eigenvalue weighted by Crippen LogP contribution is 2.39. The van der Waals surface area contributed by atoms with Gasteiger partial charge in [0.25, 0.3) is 6.43 Å². The molecule has 3 rings (SSSR count). The maximum absolute atomic E-state index is 13.5. The first-order valence-corrected chi connectivity index (χ1v) is 7.87. The van der Waals surface area contributed by atoms with E-state index in [1.54, 1.807) is 6.92 Å². The van der Waals surface area contributed by atoms with Crippen LogP contribution in [-0.2, 0) is 4.74 Å². The fraction of sp³-hybridized carbons (Fsp3) is 0.412. The normalized spacial score (nSPS) is 19.7. The summed E-state index contributed by atoms with van der Waals surface area (Å²) in [7, 11) is 0. The third-order valence-electron chi connectivity index (χ3n) is 4.16. The minimum absolute atomic E-state index is 0.180. The number of carbonyl (C=O) groups is 1. The molecule has 0 saturated carbocycles. The molecule has 0 spiro atoms. The first kappa shape index (κ1) is 16.4. The fourth-order valence-corrected chi connectivity index (χ4v) is 2.91. The van der Waals surface area contributed by atoms with Crippen LogP contribution in [0.4, 0.5) is 14.6 Å². The molecule has 1 aliphatic heterocycles. The second kappa shape index (κ2) is 6.59. The summed E-state index contributed by atoms with van der Waals surface area (Å²) in [6, 6.07) is 6.29. The third-order valence-corrected chi connectivity index (χ3v) is 4.16. The summed E-state index contributed by atoms with van der Waals surface area (Å²) in [4.78, 5) is 12.0. The molecule has 1 aromatic carbocycles. The Morgan fingerprint density at radius 2 is 2.12 bits per heavy atom. The number of nitrogens with one attached hydrogen (secondary N) is 1. The summed E-state index contributed by atoms with van der Waals surface area (Å²) in [5.74, 6) is -0.278. The first-order chi connectivity index (χ1) is 11.5. The van der Waals surface area contributed by atoms with Crippen LogP contribution in [0.5, 0.6) is 0 Å². The monoisotopic (exact) mass is 335 g/mol. The molecular weight excluding hydrogens is 316 g/mol. The minimum atomic E-state index is -2.58. The standard InChI is InChI=1S/C17H19F2N3O2/c1-3-24-17(23)12-9-20-22-14(15(18)19)8-13(21-16(12)22)11-6-4-10(2)5-7-11/h4-7,9,13-15,21H,3,8H2,1-2H3/t13-,14+/m1/s1. The van der Waals surface area contributed by atoms with E-state index in [0.717, 1.165) is 11.1 Å². The summed E-state index contributed by atoms with van der Waals surface area (Å²) in [6.45, 7) is 3.87. The van der Waals surface area contributed by atoms with Crippen molar-refractivity contribution in [1.29, 1.82) is 0 Å². The molecule has 0 amide bonds. The maximum Gasteiger partial charge on any atom is 0.343 e. The number of ether oxygens (including phenoxy) is 1. The van der Waals surface area contributed by atoms with E-state index in [9.17, 15) is 13.6 Å². The van der Waals surface area contributed by atoms with Crippen molar-refractivity contribution in [2.45, 2.75) is 38.8 Å². The van der Waals surface area contributed by atoms with Crippen LogP contribution in [0.2, 0.25) is 0 Å². The summed E-state index contributed by atoms with van der Waals surface area (Å²) in [5, 5.41) is 7.15. The van der Waals surface area contributed by atoms with Crippen LogP contribution in [0, 0.1) is 6.92 Å². The molecule has 2 aromatic rings. The van der Waals surface area contributed by atoms with E-state index in [1.807, 2.05) is 31.2 Å². The Bertz CT molecular complexity index is 728. The van der Waals surface area contributed by atoms with Crippen molar-refractivity contribution >= 4 is 11.8 Å². The predicted molar refractivity (Wildman–Crippen MR) is 85.4 cm³/mol. The Kier molecular flexibility index (Phi) is 4.51. The number of hydrogen-bond donors (Lipinski definition) is 1. The molecule has 1 aromatic heterocycles. The second-order valence-electron chi connectivity index (χ2n) is 5.82. The van der Waals surface area contributed by atoms with Gasteiger partial charge in [-0.05, 0) is 25.8 Å². The van der Waals surface area contributed by atoms with E-state index >= 15 is 0 Å². The highest BCUT2D eigenvalue weighted by atomic mass is 19.3. The number of esters is 1. The van der Waals surface area contributed by atoms with E-state index in [1.165, 1.54) is 10.9 Å². The molecule has 1 aliphatic rings. The average Bonchev–Trinajstić information content (AvgIpc) is 2.98. The number of benzene rings is 1. The Morgan fingerprint density at radius 3 is 2.75 bits per heavy atom. The smallest absolute Gasteiger partial charge is 0.343 e. The lowest BCUT2D eigenvalue weighted by atomic mass is 9.96. The average molecular weight is 335 g/mol. The van der Waals surface area contributed by atoms with E-state index in [-0.39, 0.29) is 30.5 Å². The highest BCUT2D eigenvalue weighted by Gasteiger charge is 2.36. The number of aromatic nitrogens is 2. The number of alkyl halides is 2. The number of nitrogens with zero attached hydrogens (tertiary/aromatic N) is 2. The van der Waals surface area contributed by atoms with Crippen LogP contribution in [0.1, 0.15) is 46.9 Å². The van der Waals surface area contributed by atoms with Crippen LogP contribution in [0.3, 0.4) is 0 Å². The Morgan fingerprint density at radius 1 is 1.42 bits per heavy atom. The molecule has 0 aliphatic carbocycles. The molecule has 0 radical (unpaired) electrons. The van der Waals surface area contributed by atoms with Crippen molar-refractivity contribution in [3.05, 3.63) is 47.2 Å². The predicted octanol–water partition coefficient (Wildman–Crippen LogP) is 3.73. The van der Waals surface area contributed by atoms with Crippen molar-refractivity contribution in [1.82, 2.24) is 9.78 Å². The van der Waals surface area contributed by atoms with E-state index in [0.29, 0.717) is 0 Å². The number of anilines is 1. The molecule has 7 heteroatoms. The van der Waals surface area contributed by atoms with Gasteiger partial charge < -0.3 is 10.1 Å². The molecule has 2 atom stereocenters. The third kappa shape index (κ3) is 2.98. The number of aryl methyl sites for hydroxylation is 1. The van der Waals surface area contributed by atoms with Gasteiger partial charge in [-0.3, -0.25) is 0 Å². The molecule has 0 fully saturated rings. The summed E-state index contributed by atoms with van der Waals surface area (Å²) in [5.41, 5.74) is 2.17. The first-order valence-electron chi connectivity index (χ1n) is 7.87. The van der Waals surface area contributed by atoms with Crippen LogP contribution < -0.4 is 5.32 Å². The van der Waals surface area contributed by atoms with Gasteiger partial charge in [-0.25, -0.2) is 18.3 Å². The summed E-state index contributed by atoms with van der Waals surface area (Å²) < 4.78 is 33.2. The maximum atomic E-state index is 13.5. The van der Waals surface area contributed by atoms with Gasteiger partial charge in [0.2, 0.25) is 0 Å². The van der Waals surface area contributed by atoms with Crippen LogP contribution in [0.25, 0.3) is 0 Å². The zero-order chi connectivity index (χ0) is 17.3. The molecule has 2 heterocycles. The summed E-state index contributed by atoms with van der Waals surface area (Å²) in [6.07, 6.45) is -1.10. The van der Waals surface area contributed by atoms with Gasteiger partial charge in [0.15, 0.2) is 0 Å². The molecule has 128 valence electrons.